The molecule has 1 atom stereocenters. The lowest BCUT2D eigenvalue weighted by Gasteiger charge is -2.15. The molecule has 1 N–H and O–H groups in total. The summed E-state index contributed by atoms with van der Waals surface area (Å²) >= 11 is 0. The van der Waals surface area contributed by atoms with E-state index in [2.05, 4.69) is 5.32 Å². The van der Waals surface area contributed by atoms with Crippen LogP contribution in [0.2, 0.25) is 0 Å². The molecular formula is C24H25N3O3. The van der Waals surface area contributed by atoms with Gasteiger partial charge in [0, 0.05) is 30.2 Å². The first-order valence-corrected chi connectivity index (χ1v) is 10.3. The number of nitrogens with one attached hydrogen (secondary N) is 1. The van der Waals surface area contributed by atoms with Gasteiger partial charge in [-0.15, -0.1) is 0 Å². The first-order valence-electron chi connectivity index (χ1n) is 10.3. The van der Waals surface area contributed by atoms with Gasteiger partial charge in [0.2, 0.25) is 5.91 Å². The minimum atomic E-state index is -0.509. The number of para-hydroxylation sites is 1. The largest absolute Gasteiger partial charge is 0.348 e. The average molecular weight is 403 g/mol. The van der Waals surface area contributed by atoms with E-state index in [4.69, 9.17) is 0 Å². The predicted octanol–water partition coefficient (Wildman–Crippen LogP) is 3.32. The van der Waals surface area contributed by atoms with Crippen LogP contribution < -0.4 is 5.32 Å². The van der Waals surface area contributed by atoms with E-state index in [1.54, 1.807) is 15.7 Å². The summed E-state index contributed by atoms with van der Waals surface area (Å²) in [6.07, 6.45) is 3.49. The number of Topliss-reactive ketones (excluding diaryl/α,β-unsaturated/α-hetero) is 1. The van der Waals surface area contributed by atoms with Gasteiger partial charge in [0.05, 0.1) is 11.6 Å². The van der Waals surface area contributed by atoms with Crippen LogP contribution in [0.1, 0.15) is 41.7 Å². The van der Waals surface area contributed by atoms with Gasteiger partial charge in [0.15, 0.2) is 0 Å². The number of hydrogen-bond acceptors (Lipinski definition) is 3. The number of aromatic nitrogens is 1. The molecule has 2 heterocycles. The second-order valence-corrected chi connectivity index (χ2v) is 7.72. The molecule has 4 rings (SSSR count). The molecule has 0 bridgehead atoms. The Morgan fingerprint density at radius 1 is 0.967 bits per heavy atom. The van der Waals surface area contributed by atoms with Crippen molar-refractivity contribution in [1.29, 1.82) is 0 Å². The minimum absolute atomic E-state index is 0.0723. The first-order chi connectivity index (χ1) is 14.5. The molecule has 1 aromatic heterocycles. The molecule has 1 aliphatic rings. The van der Waals surface area contributed by atoms with Gasteiger partial charge in [-0.05, 0) is 31.4 Å². The third-order valence-corrected chi connectivity index (χ3v) is 5.61. The highest BCUT2D eigenvalue weighted by Crippen LogP contribution is 2.23. The lowest BCUT2D eigenvalue weighted by Crippen LogP contribution is -2.34. The van der Waals surface area contributed by atoms with Crippen molar-refractivity contribution in [3.63, 3.8) is 0 Å². The Labute approximate surface area is 175 Å². The Balaban J connectivity index is 1.55. The van der Waals surface area contributed by atoms with Crippen molar-refractivity contribution in [2.24, 2.45) is 0 Å². The maximum Gasteiger partial charge on any atom is 0.295 e. The number of carbonyl (C=O) groups excluding carboxylic acids is 3. The van der Waals surface area contributed by atoms with Crippen molar-refractivity contribution in [3.05, 3.63) is 71.9 Å². The number of likely N-dealkylation sites (tertiary alicyclic amines) is 1. The smallest absolute Gasteiger partial charge is 0.295 e. The van der Waals surface area contributed by atoms with Crippen LogP contribution in [-0.2, 0) is 16.1 Å². The van der Waals surface area contributed by atoms with Gasteiger partial charge in [-0.3, -0.25) is 14.4 Å². The third kappa shape index (κ3) is 3.99. The number of amides is 2. The van der Waals surface area contributed by atoms with Crippen LogP contribution in [0.3, 0.4) is 0 Å². The number of rotatable bonds is 6. The van der Waals surface area contributed by atoms with Crippen molar-refractivity contribution in [1.82, 2.24) is 14.8 Å². The second-order valence-electron chi connectivity index (χ2n) is 7.72. The van der Waals surface area contributed by atoms with Crippen molar-refractivity contribution in [3.8, 4) is 0 Å². The molecule has 0 aliphatic carbocycles. The normalized spacial score (nSPS) is 14.6. The summed E-state index contributed by atoms with van der Waals surface area (Å²) in [4.78, 5) is 39.8. The molecule has 0 radical (unpaired) electrons. The van der Waals surface area contributed by atoms with Crippen LogP contribution in [0, 0.1) is 0 Å². The first kappa shape index (κ1) is 19.9. The molecule has 2 amide bonds. The summed E-state index contributed by atoms with van der Waals surface area (Å²) < 4.78 is 1.74. The Morgan fingerprint density at radius 3 is 2.37 bits per heavy atom. The predicted molar refractivity (Wildman–Crippen MR) is 115 cm³/mol. The molecule has 1 aliphatic heterocycles. The van der Waals surface area contributed by atoms with Crippen molar-refractivity contribution in [2.45, 2.75) is 32.4 Å². The number of nitrogens with zero attached hydrogens (tertiary/aromatic N) is 2. The Bertz CT molecular complexity index is 1080. The van der Waals surface area contributed by atoms with Crippen molar-refractivity contribution < 1.29 is 14.4 Å². The zero-order chi connectivity index (χ0) is 21.1. The Hall–Kier alpha value is -3.41. The summed E-state index contributed by atoms with van der Waals surface area (Å²) in [5.41, 5.74) is 2.14. The van der Waals surface area contributed by atoms with Crippen LogP contribution in [0.4, 0.5) is 0 Å². The molecular weight excluding hydrogens is 378 g/mol. The molecule has 0 unspecified atom stereocenters. The summed E-state index contributed by atoms with van der Waals surface area (Å²) in [6.45, 7) is 3.26. The van der Waals surface area contributed by atoms with E-state index in [9.17, 15) is 14.4 Å². The van der Waals surface area contributed by atoms with E-state index >= 15 is 0 Å². The number of ketones is 1. The molecule has 0 spiro atoms. The number of hydrogen-bond donors (Lipinski definition) is 1. The fraction of sp³-hybridized carbons (Fsp3) is 0.292. The highest BCUT2D eigenvalue weighted by Gasteiger charge is 2.28. The van der Waals surface area contributed by atoms with Gasteiger partial charge < -0.3 is 14.8 Å². The van der Waals surface area contributed by atoms with E-state index in [-0.39, 0.29) is 18.5 Å². The Morgan fingerprint density at radius 2 is 1.63 bits per heavy atom. The van der Waals surface area contributed by atoms with Gasteiger partial charge in [0.1, 0.15) is 6.54 Å². The molecule has 3 aromatic rings. The molecule has 2 aromatic carbocycles. The third-order valence-electron chi connectivity index (χ3n) is 5.61. The summed E-state index contributed by atoms with van der Waals surface area (Å²) in [6, 6.07) is 17.0. The number of fused-ring (bicyclic) bond motifs is 1. The highest BCUT2D eigenvalue weighted by molar-refractivity contribution is 6.44. The lowest BCUT2D eigenvalue weighted by atomic mass is 10.1. The van der Waals surface area contributed by atoms with Crippen molar-refractivity contribution in [2.75, 3.05) is 13.1 Å². The van der Waals surface area contributed by atoms with Crippen LogP contribution in [0.15, 0.2) is 60.8 Å². The SMILES string of the molecule is C[C@@H](NC(=O)Cn1cc(C(=O)C(=O)N2CCCC2)c2ccccc21)c1ccccc1. The zero-order valence-corrected chi connectivity index (χ0v) is 17.0. The molecule has 6 heteroatoms. The van der Waals surface area contributed by atoms with Gasteiger partial charge in [-0.25, -0.2) is 0 Å². The van der Waals surface area contributed by atoms with Gasteiger partial charge in [-0.1, -0.05) is 48.5 Å². The van der Waals surface area contributed by atoms with Crippen molar-refractivity contribution >= 4 is 28.5 Å². The lowest BCUT2D eigenvalue weighted by molar-refractivity contribution is -0.125. The van der Waals surface area contributed by atoms with Crippen LogP contribution in [0.5, 0.6) is 0 Å². The second kappa shape index (κ2) is 8.53. The van der Waals surface area contributed by atoms with E-state index in [0.717, 1.165) is 23.9 Å². The number of carbonyl (C=O) groups is 3. The molecule has 30 heavy (non-hydrogen) atoms. The van der Waals surface area contributed by atoms with Gasteiger partial charge >= 0.3 is 0 Å². The Kier molecular flexibility index (Phi) is 5.65. The maximum absolute atomic E-state index is 12.9. The standard InChI is InChI=1S/C24H25N3O3/c1-17(18-9-3-2-4-10-18)25-22(28)16-27-15-20(19-11-5-6-12-21(19)27)23(29)24(30)26-13-7-8-14-26/h2-6,9-12,15,17H,7-8,13-14,16H2,1H3,(H,25,28)/t17-/m1/s1. The van der Waals surface area contributed by atoms with E-state index in [1.165, 1.54) is 0 Å². The van der Waals surface area contributed by atoms with Gasteiger partial charge in [0.25, 0.3) is 11.7 Å². The highest BCUT2D eigenvalue weighted by atomic mass is 16.2. The number of benzene rings is 2. The summed E-state index contributed by atoms with van der Waals surface area (Å²) in [5, 5.41) is 3.69. The molecule has 0 saturated carbocycles. The molecule has 1 saturated heterocycles. The fourth-order valence-electron chi connectivity index (χ4n) is 4.00. The van der Waals surface area contributed by atoms with E-state index in [0.29, 0.717) is 24.0 Å². The average Bonchev–Trinajstić information content (AvgIpc) is 3.42. The fourth-order valence-corrected chi connectivity index (χ4v) is 4.00. The minimum Gasteiger partial charge on any atom is -0.348 e. The topological polar surface area (TPSA) is 71.4 Å². The summed E-state index contributed by atoms with van der Waals surface area (Å²) in [5.74, 6) is -1.13. The monoisotopic (exact) mass is 403 g/mol. The molecule has 6 nitrogen and oxygen atoms in total. The van der Waals surface area contributed by atoms with Crippen LogP contribution in [-0.4, -0.2) is 40.2 Å². The van der Waals surface area contributed by atoms with E-state index in [1.807, 2.05) is 61.5 Å². The van der Waals surface area contributed by atoms with E-state index < -0.39 is 11.7 Å². The molecule has 1 fully saturated rings. The maximum atomic E-state index is 12.9. The van der Waals surface area contributed by atoms with Crippen LogP contribution in [0.25, 0.3) is 10.9 Å². The molecule has 154 valence electrons. The zero-order valence-electron chi connectivity index (χ0n) is 17.0. The van der Waals surface area contributed by atoms with Crippen LogP contribution >= 0.6 is 0 Å². The quantitative estimate of drug-likeness (QED) is 0.507. The van der Waals surface area contributed by atoms with Gasteiger partial charge in [-0.2, -0.15) is 0 Å². The summed E-state index contributed by atoms with van der Waals surface area (Å²) in [7, 11) is 0.